The van der Waals surface area contributed by atoms with Gasteiger partial charge in [0.25, 0.3) is 6.01 Å². The van der Waals surface area contributed by atoms with Crippen molar-refractivity contribution in [1.82, 2.24) is 35.1 Å². The molecule has 2 aliphatic heterocycles. The second-order valence-electron chi connectivity index (χ2n) is 19.2. The average molecular weight is 1500 g/mol. The molecular weight excluding hydrogens is 1400 g/mol. The summed E-state index contributed by atoms with van der Waals surface area (Å²) in [5, 5.41) is 25.5. The summed E-state index contributed by atoms with van der Waals surface area (Å²) >= 11 is 4.18. The van der Waals surface area contributed by atoms with Gasteiger partial charge in [0, 0.05) is 40.4 Å². The maximum Gasteiger partial charge on any atom is 0.375 e. The summed E-state index contributed by atoms with van der Waals surface area (Å²) in [4.78, 5) is 76.1. The number of nitrogens with one attached hydrogen (secondary N) is 2. The van der Waals surface area contributed by atoms with Crippen molar-refractivity contribution in [2.24, 2.45) is 0 Å². The number of benzene rings is 4. The van der Waals surface area contributed by atoms with Gasteiger partial charge in [0.1, 0.15) is 20.4 Å². The monoisotopic (exact) mass is 1500 g/mol. The number of methoxy groups -OCH3 is 2. The molecule has 0 saturated carbocycles. The van der Waals surface area contributed by atoms with Gasteiger partial charge < -0.3 is 50.1 Å². The molecule has 0 bridgehead atoms. The van der Waals surface area contributed by atoms with E-state index in [4.69, 9.17) is 41.6 Å². The Balaban J connectivity index is -0.000000433. The number of nitrogen functional groups attached to an aromatic ring is 2. The van der Waals surface area contributed by atoms with E-state index < -0.39 is 38.6 Å². The van der Waals surface area contributed by atoms with E-state index in [0.29, 0.717) is 19.8 Å². The Hall–Kier alpha value is -6.67. The third-order valence-corrected chi connectivity index (χ3v) is 13.0. The quantitative estimate of drug-likeness (QED) is 0.0122. The van der Waals surface area contributed by atoms with Crippen LogP contribution in [-0.4, -0.2) is 146 Å². The maximum absolute atomic E-state index is 12.5. The van der Waals surface area contributed by atoms with E-state index in [1.54, 1.807) is 6.92 Å². The Labute approximate surface area is 592 Å². The van der Waals surface area contributed by atoms with Gasteiger partial charge in [-0.2, -0.15) is 28.4 Å². The van der Waals surface area contributed by atoms with E-state index in [2.05, 4.69) is 121 Å². The van der Waals surface area contributed by atoms with Crippen LogP contribution in [-0.2, 0) is 54.7 Å². The molecular formula is C63H100Cl3IN12O13S. The number of likely N-dealkylation sites (tertiary alicyclic amines) is 2. The molecule has 2 aliphatic rings. The SMILES string of the molecule is C.C.C.C.C.CCOC(=O)CN(Cc1ccc(-c2cccc(CN3CCCC3)c2)cc1)c1nc(OCCOC)nc(N)c1[N+](=O)[O-].CCOC(=O)CNCc1ccc(-c2cccc(CN3CCCC3)c2)cc1.COCCOc1nc(N)c([N+](=O)[O-])c(=O)[nH]1.Cl.Cl.Cl.[2H]I.[2H]S. The molecule has 93 heavy (non-hydrogen) atoms. The van der Waals surface area contributed by atoms with Crippen LogP contribution in [0.1, 0.15) is 98.9 Å². The van der Waals surface area contributed by atoms with E-state index in [0.717, 1.165) is 48.4 Å². The largest absolute Gasteiger partial charge is 0.465 e. The van der Waals surface area contributed by atoms with Crippen molar-refractivity contribution >= 4 is 115 Å². The maximum atomic E-state index is 12.5. The lowest BCUT2D eigenvalue weighted by atomic mass is 10.0. The highest BCUT2D eigenvalue weighted by Crippen LogP contribution is 2.34. The van der Waals surface area contributed by atoms with Gasteiger partial charge in [-0.05, 0) is 122 Å². The first-order chi connectivity index (χ1) is 42.2. The Morgan fingerprint density at radius 2 is 1.10 bits per heavy atom. The number of nitro groups is 2. The molecule has 2 saturated heterocycles. The van der Waals surface area contributed by atoms with E-state index >= 15 is 0 Å². The summed E-state index contributed by atoms with van der Waals surface area (Å²) in [6, 6.07) is 33.4. The van der Waals surface area contributed by atoms with E-state index in [1.165, 1.54) is 104 Å². The van der Waals surface area contributed by atoms with Gasteiger partial charge in [-0.3, -0.25) is 49.4 Å². The highest BCUT2D eigenvalue weighted by atomic mass is 127. The van der Waals surface area contributed by atoms with Crippen molar-refractivity contribution in [1.29, 1.82) is 1.72 Å². The lowest BCUT2D eigenvalue weighted by Gasteiger charge is -2.23. The van der Waals surface area contributed by atoms with Crippen LogP contribution in [0.3, 0.4) is 0 Å². The second kappa shape index (κ2) is 50.8. The minimum absolute atomic E-state index is 0. The zero-order valence-electron chi connectivity index (χ0n) is 51.5. The number of rotatable bonds is 27. The number of aromatic amines is 1. The van der Waals surface area contributed by atoms with Crippen LogP contribution in [0, 0.1) is 20.2 Å². The summed E-state index contributed by atoms with van der Waals surface area (Å²) in [5.41, 5.74) is 18.2. The molecule has 30 heteroatoms. The first kappa shape index (κ1) is 90.5. The third kappa shape index (κ3) is 31.4. The molecule has 0 amide bonds. The molecule has 0 atom stereocenters. The lowest BCUT2D eigenvalue weighted by Crippen LogP contribution is -2.32. The van der Waals surface area contributed by atoms with Gasteiger partial charge >= 0.3 is 34.9 Å². The fourth-order valence-electron chi connectivity index (χ4n) is 9.07. The fourth-order valence-corrected chi connectivity index (χ4v) is 9.07. The van der Waals surface area contributed by atoms with Crippen LogP contribution < -0.4 is 36.7 Å². The molecule has 524 valence electrons. The Kier molecular flexibility index (Phi) is 49.4. The predicted molar refractivity (Wildman–Crippen MR) is 394 cm³/mol. The van der Waals surface area contributed by atoms with Gasteiger partial charge in [-0.25, -0.2) is 0 Å². The summed E-state index contributed by atoms with van der Waals surface area (Å²) < 4.78 is 41.3. The number of ether oxygens (including phenoxy) is 6. The van der Waals surface area contributed by atoms with Crippen molar-refractivity contribution in [2.45, 2.75) is 103 Å². The lowest BCUT2D eigenvalue weighted by molar-refractivity contribution is -0.385. The summed E-state index contributed by atoms with van der Waals surface area (Å²) in [7, 11) is 2.99. The van der Waals surface area contributed by atoms with Crippen LogP contribution in [0.2, 0.25) is 0 Å². The molecule has 6 aromatic rings. The van der Waals surface area contributed by atoms with Crippen LogP contribution in [0.5, 0.6) is 12.0 Å². The second-order valence-corrected chi connectivity index (χ2v) is 19.2. The van der Waals surface area contributed by atoms with Crippen LogP contribution in [0.4, 0.5) is 28.8 Å². The molecule has 4 aromatic carbocycles. The molecule has 0 aliphatic carbocycles. The summed E-state index contributed by atoms with van der Waals surface area (Å²) in [6.45, 7) is 12.4. The molecule has 0 spiro atoms. The number of carbonyl (C=O) groups is 2. The predicted octanol–water partition coefficient (Wildman–Crippen LogP) is 11.9. The molecule has 8 rings (SSSR count). The number of hydrogen-bond donors (Lipinski definition) is 4. The number of esters is 2. The zero-order valence-corrected chi connectivity index (χ0v) is 55.0. The first-order valence-corrected chi connectivity index (χ1v) is 27.4. The molecule has 4 heterocycles. The Morgan fingerprint density at radius 1 is 0.645 bits per heavy atom. The van der Waals surface area contributed by atoms with Crippen molar-refractivity contribution in [3.63, 3.8) is 0 Å². The first-order valence-electron chi connectivity index (χ1n) is 28.2. The van der Waals surface area contributed by atoms with Crippen molar-refractivity contribution in [3.05, 3.63) is 150 Å². The van der Waals surface area contributed by atoms with E-state index in [1.807, 2.05) is 31.2 Å². The minimum Gasteiger partial charge on any atom is -0.465 e. The summed E-state index contributed by atoms with van der Waals surface area (Å²) in [5.74, 6) is -1.76. The van der Waals surface area contributed by atoms with Crippen molar-refractivity contribution < 1.29 is 47.9 Å². The number of nitrogens with two attached hydrogens (primary N) is 2. The normalized spacial score (nSPS) is 11.8. The topological polar surface area (TPSA) is 321 Å². The number of aromatic nitrogens is 4. The van der Waals surface area contributed by atoms with Crippen LogP contribution in [0.25, 0.3) is 22.3 Å². The van der Waals surface area contributed by atoms with E-state index in [9.17, 15) is 34.6 Å². The van der Waals surface area contributed by atoms with Crippen LogP contribution in [0.15, 0.2) is 102 Å². The molecule has 0 radical (unpaired) electrons. The minimum atomic E-state index is -0.954. The zero-order chi connectivity index (χ0) is 63.5. The molecule has 2 fully saturated rings. The highest BCUT2D eigenvalue weighted by molar-refractivity contribution is 14.0. The number of H-pyrrole nitrogens is 1. The number of halogens is 4. The van der Waals surface area contributed by atoms with Crippen LogP contribution >= 0.6 is 74.4 Å². The van der Waals surface area contributed by atoms with Gasteiger partial charge in [0.15, 0.2) is 0 Å². The smallest absolute Gasteiger partial charge is 0.375 e. The summed E-state index contributed by atoms with van der Waals surface area (Å²) in [6.07, 6.45) is 5.15. The molecule has 25 nitrogen and oxygen atoms in total. The van der Waals surface area contributed by atoms with Crippen molar-refractivity contribution in [3.8, 4) is 34.3 Å². The highest BCUT2D eigenvalue weighted by Gasteiger charge is 2.30. The Bertz CT molecular complexity index is 3150. The van der Waals surface area contributed by atoms with E-state index in [-0.39, 0.29) is 150 Å². The number of nitrogens with zero attached hydrogens (tertiary/aromatic N) is 8. The van der Waals surface area contributed by atoms with Gasteiger partial charge in [-0.15, -0.1) is 61.0 Å². The standard InChI is InChI=1S/C29H36N6O6.C22H28N2O2.C7H10N4O5.5CH4.3ClH.HI.H2S/c1-3-40-25(36)20-34(28-26(35(37)38)27(30)31-29(32-28)41-16-15-39-2)19-21-9-11-23(12-10-21)24-8-6-7-22(17-24)18-33-13-4-5-14-33;1-2-26-22(25)16-23-15-18-8-10-20(11-9-18)21-7-5-6-19(14-21)17-24-12-3-4-13-24;1-15-2-3-16-7-9-5(8)4(11(13)14)6(12)10-7;;;;;;;;;;/h6-12,17H,3-5,13-16,18-20H2,1-2H3,(H2,30,31,32);5-11,14,23H,2-4,12-13,15-17H2,1H3;2-3H2,1H3,(H3,8,9,10,12);5*1H4;4*1H;1H2/i/hD2. The fraction of sp³-hybridized carbons (Fsp3) is 0.460. The number of hydrogen-bond acceptors (Lipinski definition) is 22. The average Bonchev–Trinajstić information content (AvgIpc) is 1.57. The third-order valence-electron chi connectivity index (χ3n) is 13.0. The molecule has 0 unspecified atom stereocenters. The number of carbonyl (C=O) groups excluding carboxylic acids is 2. The van der Waals surface area contributed by atoms with Gasteiger partial charge in [0.2, 0.25) is 17.5 Å². The molecule has 6 N–H and O–H groups in total. The molecule has 2 aromatic heterocycles. The van der Waals surface area contributed by atoms with Crippen molar-refractivity contribution in [2.75, 3.05) is 109 Å². The number of anilines is 3. The van der Waals surface area contributed by atoms with Gasteiger partial charge in [0.05, 0.1) is 43.9 Å². The van der Waals surface area contributed by atoms with Gasteiger partial charge in [-0.1, -0.05) is 122 Å². The Morgan fingerprint density at radius 3 is 1.55 bits per heavy atom.